The van der Waals surface area contributed by atoms with Crippen molar-refractivity contribution < 1.29 is 9.84 Å². The zero-order chi connectivity index (χ0) is 12.1. The van der Waals surface area contributed by atoms with Crippen LogP contribution in [0.1, 0.15) is 20.8 Å². The van der Waals surface area contributed by atoms with Crippen LogP contribution in [0.4, 0.5) is 5.69 Å². The van der Waals surface area contributed by atoms with Gasteiger partial charge < -0.3 is 15.6 Å². The van der Waals surface area contributed by atoms with Gasteiger partial charge >= 0.3 is 0 Å². The van der Waals surface area contributed by atoms with Gasteiger partial charge in [-0.3, -0.25) is 0 Å². The van der Waals surface area contributed by atoms with Gasteiger partial charge in [-0.05, 0) is 26.0 Å². The molecule has 1 atom stereocenters. The van der Waals surface area contributed by atoms with Gasteiger partial charge in [0.1, 0.15) is 5.75 Å². The molecule has 1 aromatic rings. The summed E-state index contributed by atoms with van der Waals surface area (Å²) in [7, 11) is 0. The Kier molecular flexibility index (Phi) is 4.96. The average Bonchev–Trinajstić information content (AvgIpc) is 2.15. The minimum absolute atomic E-state index is 0.134. The summed E-state index contributed by atoms with van der Waals surface area (Å²) in [6.45, 7) is 6.08. The zero-order valence-corrected chi connectivity index (χ0v) is 10.8. The summed E-state index contributed by atoms with van der Waals surface area (Å²) in [6.07, 6.45) is 0.134. The molecule has 90 valence electrons. The highest BCUT2D eigenvalue weighted by Gasteiger charge is 2.06. The quantitative estimate of drug-likeness (QED) is 0.614. The van der Waals surface area contributed by atoms with E-state index in [9.17, 15) is 0 Å². The smallest absolute Gasteiger partial charge is 0.122 e. The maximum absolute atomic E-state index is 9.00. The van der Waals surface area contributed by atoms with Crippen molar-refractivity contribution in [1.29, 1.82) is 0 Å². The number of nitrogen functional groups attached to an aromatic ring is 1. The van der Waals surface area contributed by atoms with E-state index in [1.165, 1.54) is 0 Å². The molecule has 0 aliphatic rings. The van der Waals surface area contributed by atoms with Gasteiger partial charge in [0, 0.05) is 21.9 Å². The van der Waals surface area contributed by atoms with Gasteiger partial charge in [-0.1, -0.05) is 6.92 Å². The van der Waals surface area contributed by atoms with E-state index in [4.69, 9.17) is 15.6 Å². The van der Waals surface area contributed by atoms with Gasteiger partial charge in [0.05, 0.1) is 12.7 Å². The van der Waals surface area contributed by atoms with Gasteiger partial charge in [0.25, 0.3) is 0 Å². The van der Waals surface area contributed by atoms with Crippen molar-refractivity contribution in [1.82, 2.24) is 0 Å². The maximum atomic E-state index is 9.00. The topological polar surface area (TPSA) is 55.5 Å². The Morgan fingerprint density at radius 2 is 2.00 bits per heavy atom. The first-order valence-electron chi connectivity index (χ1n) is 5.36. The van der Waals surface area contributed by atoms with Crippen LogP contribution in [0.15, 0.2) is 23.1 Å². The number of thioether (sulfide) groups is 1. The fourth-order valence-electron chi connectivity index (χ4n) is 1.27. The number of hydrogen-bond acceptors (Lipinski definition) is 4. The lowest BCUT2D eigenvalue weighted by atomic mass is 10.3. The third kappa shape index (κ3) is 4.33. The van der Waals surface area contributed by atoms with Crippen LogP contribution in [0.5, 0.6) is 5.75 Å². The lowest BCUT2D eigenvalue weighted by Crippen LogP contribution is -2.06. The van der Waals surface area contributed by atoms with Crippen LogP contribution in [-0.2, 0) is 0 Å². The number of rotatable bonds is 5. The SMILES string of the molecule is CC(C)Oc1cc(N)cc(SC(C)CO)c1. The summed E-state index contributed by atoms with van der Waals surface area (Å²) in [5, 5.41) is 9.16. The van der Waals surface area contributed by atoms with Crippen LogP contribution in [0, 0.1) is 0 Å². The largest absolute Gasteiger partial charge is 0.491 e. The molecule has 3 N–H and O–H groups in total. The minimum atomic E-state index is 0.134. The van der Waals surface area contributed by atoms with Crippen molar-refractivity contribution in [3.8, 4) is 5.75 Å². The van der Waals surface area contributed by atoms with Gasteiger partial charge in [0.2, 0.25) is 0 Å². The summed E-state index contributed by atoms with van der Waals surface area (Å²) in [4.78, 5) is 1.03. The highest BCUT2D eigenvalue weighted by atomic mass is 32.2. The summed E-state index contributed by atoms with van der Waals surface area (Å²) < 4.78 is 5.60. The molecular weight excluding hydrogens is 222 g/mol. The van der Waals surface area contributed by atoms with E-state index in [-0.39, 0.29) is 18.0 Å². The second-order valence-corrected chi connectivity index (χ2v) is 5.53. The van der Waals surface area contributed by atoms with Gasteiger partial charge in [-0.25, -0.2) is 0 Å². The number of anilines is 1. The molecule has 0 aliphatic carbocycles. The molecule has 3 nitrogen and oxygen atoms in total. The fraction of sp³-hybridized carbons (Fsp3) is 0.500. The fourth-order valence-corrected chi connectivity index (χ4v) is 2.20. The van der Waals surface area contributed by atoms with Crippen LogP contribution in [0.2, 0.25) is 0 Å². The maximum Gasteiger partial charge on any atom is 0.122 e. The molecule has 16 heavy (non-hydrogen) atoms. The number of aliphatic hydroxyl groups excluding tert-OH is 1. The molecule has 0 saturated heterocycles. The third-order valence-corrected chi connectivity index (χ3v) is 2.93. The van der Waals surface area contributed by atoms with E-state index >= 15 is 0 Å². The Morgan fingerprint density at radius 3 is 2.56 bits per heavy atom. The van der Waals surface area contributed by atoms with E-state index < -0.39 is 0 Å². The first-order valence-corrected chi connectivity index (χ1v) is 6.24. The number of aliphatic hydroxyl groups is 1. The van der Waals surface area contributed by atoms with Crippen molar-refractivity contribution in [2.45, 2.75) is 37.0 Å². The molecule has 0 aromatic heterocycles. The summed E-state index contributed by atoms with van der Waals surface area (Å²) >= 11 is 1.59. The molecule has 4 heteroatoms. The molecule has 0 amide bonds. The molecule has 0 saturated carbocycles. The predicted molar refractivity (Wildman–Crippen MR) is 69.0 cm³/mol. The molecule has 1 unspecified atom stereocenters. The van der Waals surface area contributed by atoms with E-state index in [2.05, 4.69) is 0 Å². The predicted octanol–water partition coefficient (Wildman–Crippen LogP) is 2.53. The first-order chi connectivity index (χ1) is 7.51. The molecule has 0 spiro atoms. The standard InChI is InChI=1S/C12H19NO2S/c1-8(2)15-11-4-10(13)5-12(6-11)16-9(3)7-14/h4-6,8-9,14H,7,13H2,1-3H3. The third-order valence-electron chi connectivity index (χ3n) is 1.87. The zero-order valence-electron chi connectivity index (χ0n) is 9.93. The molecule has 1 aromatic carbocycles. The van der Waals surface area contributed by atoms with Crippen molar-refractivity contribution in [3.05, 3.63) is 18.2 Å². The molecule has 0 aliphatic heterocycles. The Bertz CT molecular complexity index is 342. The first kappa shape index (κ1) is 13.2. The molecule has 0 radical (unpaired) electrons. The van der Waals surface area contributed by atoms with Crippen molar-refractivity contribution in [3.63, 3.8) is 0 Å². The van der Waals surface area contributed by atoms with Crippen LogP contribution in [0.25, 0.3) is 0 Å². The normalized spacial score (nSPS) is 12.8. The Morgan fingerprint density at radius 1 is 1.31 bits per heavy atom. The lowest BCUT2D eigenvalue weighted by Gasteiger charge is -2.13. The molecule has 0 fully saturated rings. The van der Waals surface area contributed by atoms with Gasteiger partial charge in [-0.2, -0.15) is 0 Å². The summed E-state index contributed by atoms with van der Waals surface area (Å²) in [6, 6.07) is 5.66. The van der Waals surface area contributed by atoms with Crippen molar-refractivity contribution in [2.24, 2.45) is 0 Å². The van der Waals surface area contributed by atoms with Crippen LogP contribution >= 0.6 is 11.8 Å². The van der Waals surface area contributed by atoms with Gasteiger partial charge in [-0.15, -0.1) is 11.8 Å². The molecular formula is C12H19NO2S. The second-order valence-electron chi connectivity index (χ2n) is 4.02. The molecule has 0 heterocycles. The van der Waals surface area contributed by atoms with Crippen molar-refractivity contribution >= 4 is 17.4 Å². The molecule has 1 rings (SSSR count). The monoisotopic (exact) mass is 241 g/mol. The van der Waals surface area contributed by atoms with E-state index in [0.29, 0.717) is 5.69 Å². The highest BCUT2D eigenvalue weighted by molar-refractivity contribution is 8.00. The number of nitrogens with two attached hydrogens (primary N) is 1. The lowest BCUT2D eigenvalue weighted by molar-refractivity contribution is 0.242. The van der Waals surface area contributed by atoms with Crippen LogP contribution < -0.4 is 10.5 Å². The van der Waals surface area contributed by atoms with E-state index in [0.717, 1.165) is 10.6 Å². The Hall–Kier alpha value is -0.870. The van der Waals surface area contributed by atoms with Crippen molar-refractivity contribution in [2.75, 3.05) is 12.3 Å². The highest BCUT2D eigenvalue weighted by Crippen LogP contribution is 2.29. The molecule has 0 bridgehead atoms. The minimum Gasteiger partial charge on any atom is -0.491 e. The van der Waals surface area contributed by atoms with E-state index in [1.807, 2.05) is 39.0 Å². The number of hydrogen-bond donors (Lipinski definition) is 2. The van der Waals surface area contributed by atoms with Gasteiger partial charge in [0.15, 0.2) is 0 Å². The summed E-state index contributed by atoms with van der Waals surface area (Å²) in [5.74, 6) is 0.780. The summed E-state index contributed by atoms with van der Waals surface area (Å²) in [5.41, 5.74) is 6.48. The van der Waals surface area contributed by atoms with Crippen LogP contribution in [0.3, 0.4) is 0 Å². The van der Waals surface area contributed by atoms with E-state index in [1.54, 1.807) is 11.8 Å². The number of ether oxygens (including phenoxy) is 1. The van der Waals surface area contributed by atoms with Crippen LogP contribution in [-0.4, -0.2) is 23.1 Å². The Balaban J connectivity index is 2.81. The number of benzene rings is 1. The Labute approximate surface area is 101 Å². The second kappa shape index (κ2) is 6.01. The average molecular weight is 241 g/mol.